The fourth-order valence-electron chi connectivity index (χ4n) is 3.06. The molecule has 0 unspecified atom stereocenters. The maximum Gasteiger partial charge on any atom is 0.410 e. The SMILES string of the molecule is C=CCn1nc2c(c1CCC=CO)CN(C(=O)OC(C)(C)C)[C@H](C)C2. The summed E-state index contributed by atoms with van der Waals surface area (Å²) in [4.78, 5) is 14.3. The van der Waals surface area contributed by atoms with Crippen molar-refractivity contribution in [1.29, 1.82) is 0 Å². The van der Waals surface area contributed by atoms with E-state index in [2.05, 4.69) is 6.58 Å². The fourth-order valence-corrected chi connectivity index (χ4v) is 3.06. The number of nitrogens with zero attached hydrogens (tertiary/aromatic N) is 3. The van der Waals surface area contributed by atoms with Gasteiger partial charge in [-0.1, -0.05) is 6.08 Å². The number of carbonyl (C=O) groups excluding carboxylic acids is 1. The molecule has 0 bridgehead atoms. The summed E-state index contributed by atoms with van der Waals surface area (Å²) in [6, 6.07) is 0.0413. The lowest BCUT2D eigenvalue weighted by Gasteiger charge is -2.34. The van der Waals surface area contributed by atoms with Gasteiger partial charge in [-0.25, -0.2) is 4.79 Å². The van der Waals surface area contributed by atoms with Crippen LogP contribution in [0.15, 0.2) is 25.0 Å². The quantitative estimate of drug-likeness (QED) is 0.650. The summed E-state index contributed by atoms with van der Waals surface area (Å²) in [7, 11) is 0. The molecular formula is C19H29N3O3. The van der Waals surface area contributed by atoms with Gasteiger partial charge in [0.05, 0.1) is 25.0 Å². The van der Waals surface area contributed by atoms with E-state index in [0.717, 1.165) is 29.6 Å². The van der Waals surface area contributed by atoms with E-state index in [1.54, 1.807) is 11.0 Å². The number of allylic oxidation sites excluding steroid dienone is 2. The molecule has 2 heterocycles. The maximum absolute atomic E-state index is 12.6. The zero-order valence-corrected chi connectivity index (χ0v) is 15.7. The molecule has 1 aliphatic rings. The van der Waals surface area contributed by atoms with Gasteiger partial charge in [-0.05, 0) is 46.6 Å². The van der Waals surface area contributed by atoms with Crippen LogP contribution >= 0.6 is 0 Å². The van der Waals surface area contributed by atoms with Crippen LogP contribution in [-0.4, -0.2) is 37.5 Å². The Balaban J connectivity index is 2.29. The largest absolute Gasteiger partial charge is 0.516 e. The minimum atomic E-state index is -0.515. The van der Waals surface area contributed by atoms with Crippen molar-refractivity contribution in [3.8, 4) is 0 Å². The summed E-state index contributed by atoms with van der Waals surface area (Å²) in [5.41, 5.74) is 2.71. The van der Waals surface area contributed by atoms with Gasteiger partial charge in [-0.2, -0.15) is 5.10 Å². The maximum atomic E-state index is 12.6. The standard InChI is InChI=1S/C19H29N3O3/c1-6-10-22-17(9-7-8-11-23)15-13-21(14(2)12-16(15)20-22)18(24)25-19(3,4)5/h6,8,11,14,23H,1,7,9-10,12-13H2,2-5H3/t14-/m1/s1. The third-order valence-corrected chi connectivity index (χ3v) is 4.18. The lowest BCUT2D eigenvalue weighted by atomic mass is 9.98. The lowest BCUT2D eigenvalue weighted by molar-refractivity contribution is 0.0137. The van der Waals surface area contributed by atoms with Gasteiger partial charge < -0.3 is 14.7 Å². The second kappa shape index (κ2) is 7.76. The molecule has 0 saturated heterocycles. The van der Waals surface area contributed by atoms with Crippen LogP contribution in [0.25, 0.3) is 0 Å². The number of rotatable bonds is 5. The first-order chi connectivity index (χ1) is 11.8. The van der Waals surface area contributed by atoms with Crippen LogP contribution in [0.4, 0.5) is 4.79 Å². The Hall–Kier alpha value is -2.24. The Morgan fingerprint density at radius 1 is 1.48 bits per heavy atom. The van der Waals surface area contributed by atoms with Crippen molar-refractivity contribution in [2.45, 2.75) is 71.7 Å². The van der Waals surface area contributed by atoms with E-state index < -0.39 is 5.60 Å². The normalized spacial score (nSPS) is 17.6. The zero-order chi connectivity index (χ0) is 18.6. The highest BCUT2D eigenvalue weighted by molar-refractivity contribution is 5.69. The van der Waals surface area contributed by atoms with Gasteiger partial charge in [0, 0.05) is 23.7 Å². The molecule has 6 nitrogen and oxygen atoms in total. The second-order valence-corrected chi connectivity index (χ2v) is 7.43. The lowest BCUT2D eigenvalue weighted by Crippen LogP contribution is -2.45. The van der Waals surface area contributed by atoms with Crippen molar-refractivity contribution in [1.82, 2.24) is 14.7 Å². The Morgan fingerprint density at radius 2 is 2.20 bits per heavy atom. The second-order valence-electron chi connectivity index (χ2n) is 7.43. The van der Waals surface area contributed by atoms with Crippen molar-refractivity contribution >= 4 is 6.09 Å². The van der Waals surface area contributed by atoms with E-state index in [4.69, 9.17) is 14.9 Å². The van der Waals surface area contributed by atoms with Gasteiger partial charge in [0.25, 0.3) is 0 Å². The minimum absolute atomic E-state index is 0.0413. The van der Waals surface area contributed by atoms with Gasteiger partial charge >= 0.3 is 6.09 Å². The van der Waals surface area contributed by atoms with E-state index in [1.165, 1.54) is 0 Å². The molecule has 0 fully saturated rings. The number of aliphatic hydroxyl groups excluding tert-OH is 1. The molecule has 25 heavy (non-hydrogen) atoms. The fraction of sp³-hybridized carbons (Fsp3) is 0.579. The molecule has 1 N–H and O–H groups in total. The molecule has 1 aromatic heterocycles. The third kappa shape index (κ3) is 4.65. The van der Waals surface area contributed by atoms with Crippen LogP contribution in [0, 0.1) is 0 Å². The third-order valence-electron chi connectivity index (χ3n) is 4.18. The van der Waals surface area contributed by atoms with E-state index in [0.29, 0.717) is 25.9 Å². The highest BCUT2D eigenvalue weighted by atomic mass is 16.6. The molecule has 0 radical (unpaired) electrons. The van der Waals surface area contributed by atoms with E-state index in [1.807, 2.05) is 38.5 Å². The number of hydrogen-bond acceptors (Lipinski definition) is 4. The van der Waals surface area contributed by atoms with Gasteiger partial charge in [0.2, 0.25) is 0 Å². The number of ether oxygens (including phenoxy) is 1. The van der Waals surface area contributed by atoms with Crippen molar-refractivity contribution in [2.75, 3.05) is 0 Å². The monoisotopic (exact) mass is 347 g/mol. The molecule has 1 amide bonds. The Morgan fingerprint density at radius 3 is 2.80 bits per heavy atom. The number of hydrogen-bond donors (Lipinski definition) is 1. The van der Waals surface area contributed by atoms with E-state index in [9.17, 15) is 4.79 Å². The molecule has 1 aliphatic heterocycles. The predicted octanol–water partition coefficient (Wildman–Crippen LogP) is 3.76. The number of fused-ring (bicyclic) bond motifs is 1. The topological polar surface area (TPSA) is 67.6 Å². The highest BCUT2D eigenvalue weighted by Crippen LogP contribution is 2.28. The van der Waals surface area contributed by atoms with Crippen LogP contribution < -0.4 is 0 Å². The van der Waals surface area contributed by atoms with Crippen molar-refractivity contribution in [3.63, 3.8) is 0 Å². The smallest absolute Gasteiger partial charge is 0.410 e. The summed E-state index contributed by atoms with van der Waals surface area (Å²) in [5, 5.41) is 13.6. The molecule has 0 spiro atoms. The summed E-state index contributed by atoms with van der Waals surface area (Å²) in [6.45, 7) is 12.6. The Bertz CT molecular complexity index is 656. The number of aromatic nitrogens is 2. The summed E-state index contributed by atoms with van der Waals surface area (Å²) < 4.78 is 7.51. The number of carbonyl (C=O) groups is 1. The molecular weight excluding hydrogens is 318 g/mol. The van der Waals surface area contributed by atoms with Crippen LogP contribution in [0.2, 0.25) is 0 Å². The predicted molar refractivity (Wildman–Crippen MR) is 97.5 cm³/mol. The zero-order valence-electron chi connectivity index (χ0n) is 15.7. The summed E-state index contributed by atoms with van der Waals surface area (Å²) in [5.74, 6) is 0. The first-order valence-electron chi connectivity index (χ1n) is 8.74. The van der Waals surface area contributed by atoms with Crippen molar-refractivity contribution < 1.29 is 14.6 Å². The van der Waals surface area contributed by atoms with Crippen LogP contribution in [0.1, 0.15) is 51.1 Å². The minimum Gasteiger partial charge on any atom is -0.516 e. The Labute approximate surface area is 149 Å². The van der Waals surface area contributed by atoms with Crippen LogP contribution in [-0.2, 0) is 30.7 Å². The van der Waals surface area contributed by atoms with Gasteiger partial charge in [0.15, 0.2) is 0 Å². The van der Waals surface area contributed by atoms with Gasteiger partial charge in [-0.15, -0.1) is 6.58 Å². The van der Waals surface area contributed by atoms with Crippen molar-refractivity contribution in [3.05, 3.63) is 41.9 Å². The first-order valence-corrected chi connectivity index (χ1v) is 8.74. The molecule has 0 saturated carbocycles. The van der Waals surface area contributed by atoms with Crippen molar-refractivity contribution in [2.24, 2.45) is 0 Å². The molecule has 1 atom stereocenters. The average Bonchev–Trinajstić information content (AvgIpc) is 2.82. The van der Waals surface area contributed by atoms with Gasteiger partial charge in [0.1, 0.15) is 5.60 Å². The summed E-state index contributed by atoms with van der Waals surface area (Å²) in [6.07, 6.45) is 6.49. The molecule has 0 aromatic carbocycles. The molecule has 2 rings (SSSR count). The molecule has 0 aliphatic carbocycles. The average molecular weight is 347 g/mol. The van der Waals surface area contributed by atoms with E-state index >= 15 is 0 Å². The first kappa shape index (κ1) is 19.1. The number of amides is 1. The van der Waals surface area contributed by atoms with Crippen LogP contribution in [0.3, 0.4) is 0 Å². The van der Waals surface area contributed by atoms with Crippen LogP contribution in [0.5, 0.6) is 0 Å². The number of aliphatic hydroxyl groups is 1. The van der Waals surface area contributed by atoms with E-state index in [-0.39, 0.29) is 12.1 Å². The molecule has 1 aromatic rings. The highest BCUT2D eigenvalue weighted by Gasteiger charge is 2.33. The Kier molecular flexibility index (Phi) is 5.93. The van der Waals surface area contributed by atoms with Gasteiger partial charge in [-0.3, -0.25) is 4.68 Å². The molecule has 138 valence electrons. The summed E-state index contributed by atoms with van der Waals surface area (Å²) >= 11 is 0. The molecule has 6 heteroatoms.